The molecule has 1 aromatic rings. The van der Waals surface area contributed by atoms with Crippen LogP contribution in [0, 0.1) is 0 Å². The van der Waals surface area contributed by atoms with Gasteiger partial charge in [0.05, 0.1) is 11.7 Å². The minimum atomic E-state index is -0.473. The summed E-state index contributed by atoms with van der Waals surface area (Å²) in [4.78, 5) is 13.3. The van der Waals surface area contributed by atoms with E-state index in [0.29, 0.717) is 13.0 Å². The molecule has 0 aliphatic heterocycles. The molecule has 5 nitrogen and oxygen atoms in total. The SMILES string of the molecule is CC(O)CCN(C)C(=O)c1ccc(O)cc1O. The summed E-state index contributed by atoms with van der Waals surface area (Å²) >= 11 is 0. The molecule has 0 spiro atoms. The largest absolute Gasteiger partial charge is 0.508 e. The van der Waals surface area contributed by atoms with Crippen LogP contribution in [0.3, 0.4) is 0 Å². The van der Waals surface area contributed by atoms with Gasteiger partial charge in [-0.3, -0.25) is 4.79 Å². The van der Waals surface area contributed by atoms with Gasteiger partial charge in [-0.05, 0) is 25.5 Å². The van der Waals surface area contributed by atoms with Crippen molar-refractivity contribution in [2.24, 2.45) is 0 Å². The van der Waals surface area contributed by atoms with E-state index in [-0.39, 0.29) is 23.0 Å². The fourth-order valence-electron chi connectivity index (χ4n) is 1.39. The summed E-state index contributed by atoms with van der Waals surface area (Å²) in [5, 5.41) is 27.8. The molecule has 0 fully saturated rings. The summed E-state index contributed by atoms with van der Waals surface area (Å²) in [5.74, 6) is -0.687. The van der Waals surface area contributed by atoms with Crippen LogP contribution in [0.1, 0.15) is 23.7 Å². The standard InChI is InChI=1S/C12H17NO4/c1-8(14)5-6-13(2)12(17)10-4-3-9(15)7-11(10)16/h3-4,7-8,14-16H,5-6H2,1-2H3. The minimum absolute atomic E-state index is 0.0920. The van der Waals surface area contributed by atoms with E-state index < -0.39 is 6.10 Å². The molecule has 0 aromatic heterocycles. The second-order valence-corrected chi connectivity index (χ2v) is 4.07. The number of phenols is 2. The van der Waals surface area contributed by atoms with E-state index in [4.69, 9.17) is 10.2 Å². The third-order valence-corrected chi connectivity index (χ3v) is 2.44. The summed E-state index contributed by atoms with van der Waals surface area (Å²) in [7, 11) is 1.59. The monoisotopic (exact) mass is 239 g/mol. The van der Waals surface area contributed by atoms with E-state index in [1.807, 2.05) is 0 Å². The molecular formula is C12H17NO4. The average Bonchev–Trinajstić information content (AvgIpc) is 2.25. The summed E-state index contributed by atoms with van der Waals surface area (Å²) in [6, 6.07) is 3.83. The number of hydrogen-bond acceptors (Lipinski definition) is 4. The van der Waals surface area contributed by atoms with Gasteiger partial charge in [-0.2, -0.15) is 0 Å². The molecule has 17 heavy (non-hydrogen) atoms. The Bertz CT molecular complexity index is 403. The van der Waals surface area contributed by atoms with Crippen LogP contribution in [-0.4, -0.2) is 45.8 Å². The first-order chi connectivity index (χ1) is 7.91. The molecule has 0 aliphatic carbocycles. The Morgan fingerprint density at radius 3 is 2.59 bits per heavy atom. The average molecular weight is 239 g/mol. The zero-order valence-electron chi connectivity index (χ0n) is 9.92. The van der Waals surface area contributed by atoms with Gasteiger partial charge in [-0.15, -0.1) is 0 Å². The molecule has 0 radical (unpaired) electrons. The first-order valence-electron chi connectivity index (χ1n) is 5.37. The second-order valence-electron chi connectivity index (χ2n) is 4.07. The summed E-state index contributed by atoms with van der Waals surface area (Å²) in [6.45, 7) is 2.05. The summed E-state index contributed by atoms with van der Waals surface area (Å²) in [5.41, 5.74) is 0.135. The summed E-state index contributed by atoms with van der Waals surface area (Å²) in [6.07, 6.45) is -0.000159. The van der Waals surface area contributed by atoms with Crippen LogP contribution in [-0.2, 0) is 0 Å². The Labute approximate surface area is 99.9 Å². The van der Waals surface area contributed by atoms with Crippen LogP contribution < -0.4 is 0 Å². The molecule has 3 N–H and O–H groups in total. The molecule has 0 aliphatic rings. The van der Waals surface area contributed by atoms with Crippen LogP contribution in [0.5, 0.6) is 11.5 Å². The molecular weight excluding hydrogens is 222 g/mol. The zero-order valence-corrected chi connectivity index (χ0v) is 9.92. The summed E-state index contributed by atoms with van der Waals surface area (Å²) < 4.78 is 0. The van der Waals surface area contributed by atoms with E-state index in [9.17, 15) is 9.90 Å². The van der Waals surface area contributed by atoms with Gasteiger partial charge in [0, 0.05) is 19.7 Å². The number of hydrogen-bond donors (Lipinski definition) is 3. The van der Waals surface area contributed by atoms with Crippen molar-refractivity contribution in [2.75, 3.05) is 13.6 Å². The Kier molecular flexibility index (Phi) is 4.34. The van der Waals surface area contributed by atoms with E-state index in [1.54, 1.807) is 14.0 Å². The maximum atomic E-state index is 11.9. The first-order valence-corrected chi connectivity index (χ1v) is 5.37. The lowest BCUT2D eigenvalue weighted by Crippen LogP contribution is -2.29. The number of aliphatic hydroxyl groups is 1. The number of rotatable bonds is 4. The van der Waals surface area contributed by atoms with Crippen LogP contribution in [0.15, 0.2) is 18.2 Å². The van der Waals surface area contributed by atoms with Gasteiger partial charge in [0.1, 0.15) is 11.5 Å². The normalized spacial score (nSPS) is 12.2. The van der Waals surface area contributed by atoms with E-state index in [1.165, 1.54) is 17.0 Å². The van der Waals surface area contributed by atoms with E-state index >= 15 is 0 Å². The molecule has 0 saturated heterocycles. The van der Waals surface area contributed by atoms with Crippen molar-refractivity contribution in [3.63, 3.8) is 0 Å². The molecule has 1 atom stereocenters. The van der Waals surface area contributed by atoms with Crippen LogP contribution in [0.25, 0.3) is 0 Å². The highest BCUT2D eigenvalue weighted by molar-refractivity contribution is 5.96. The molecule has 1 unspecified atom stereocenters. The van der Waals surface area contributed by atoms with Gasteiger partial charge in [0.15, 0.2) is 0 Å². The Morgan fingerprint density at radius 2 is 2.06 bits per heavy atom. The van der Waals surface area contributed by atoms with Gasteiger partial charge < -0.3 is 20.2 Å². The molecule has 1 amide bonds. The maximum Gasteiger partial charge on any atom is 0.257 e. The first kappa shape index (κ1) is 13.3. The third-order valence-electron chi connectivity index (χ3n) is 2.44. The van der Waals surface area contributed by atoms with Crippen molar-refractivity contribution in [1.29, 1.82) is 0 Å². The molecule has 5 heteroatoms. The molecule has 0 bridgehead atoms. The minimum Gasteiger partial charge on any atom is -0.508 e. The molecule has 0 heterocycles. The lowest BCUT2D eigenvalue weighted by Gasteiger charge is -2.18. The number of carbonyl (C=O) groups excluding carboxylic acids is 1. The number of aliphatic hydroxyl groups excluding tert-OH is 1. The predicted octanol–water partition coefficient (Wildman–Crippen LogP) is 0.941. The topological polar surface area (TPSA) is 81.0 Å². The van der Waals surface area contributed by atoms with Crippen molar-refractivity contribution < 1.29 is 20.1 Å². The van der Waals surface area contributed by atoms with Crippen molar-refractivity contribution >= 4 is 5.91 Å². The molecule has 1 aromatic carbocycles. The van der Waals surface area contributed by atoms with Crippen LogP contribution in [0.2, 0.25) is 0 Å². The smallest absolute Gasteiger partial charge is 0.257 e. The van der Waals surface area contributed by atoms with Crippen molar-refractivity contribution in [2.45, 2.75) is 19.4 Å². The van der Waals surface area contributed by atoms with Gasteiger partial charge in [-0.25, -0.2) is 0 Å². The number of amides is 1. The van der Waals surface area contributed by atoms with Gasteiger partial charge in [-0.1, -0.05) is 0 Å². The highest BCUT2D eigenvalue weighted by Crippen LogP contribution is 2.23. The second kappa shape index (κ2) is 5.54. The Balaban J connectivity index is 2.75. The highest BCUT2D eigenvalue weighted by atomic mass is 16.3. The van der Waals surface area contributed by atoms with Crippen molar-refractivity contribution in [3.05, 3.63) is 23.8 Å². The molecule has 94 valence electrons. The van der Waals surface area contributed by atoms with Gasteiger partial charge in [0.25, 0.3) is 5.91 Å². The molecule has 0 saturated carbocycles. The number of aromatic hydroxyl groups is 2. The fraction of sp³-hybridized carbons (Fsp3) is 0.417. The van der Waals surface area contributed by atoms with E-state index in [0.717, 1.165) is 6.07 Å². The predicted molar refractivity (Wildman–Crippen MR) is 63.0 cm³/mol. The number of phenolic OH excluding ortho intramolecular Hbond substituents is 2. The van der Waals surface area contributed by atoms with Gasteiger partial charge >= 0.3 is 0 Å². The quantitative estimate of drug-likeness (QED) is 0.730. The Hall–Kier alpha value is -1.75. The number of carbonyl (C=O) groups is 1. The lowest BCUT2D eigenvalue weighted by atomic mass is 10.1. The fourth-order valence-corrected chi connectivity index (χ4v) is 1.39. The maximum absolute atomic E-state index is 11.9. The number of nitrogens with zero attached hydrogens (tertiary/aromatic N) is 1. The van der Waals surface area contributed by atoms with Crippen LogP contribution >= 0.6 is 0 Å². The van der Waals surface area contributed by atoms with E-state index in [2.05, 4.69) is 0 Å². The highest BCUT2D eigenvalue weighted by Gasteiger charge is 2.16. The number of benzene rings is 1. The van der Waals surface area contributed by atoms with Gasteiger partial charge in [0.2, 0.25) is 0 Å². The lowest BCUT2D eigenvalue weighted by molar-refractivity contribution is 0.0766. The molecule has 1 rings (SSSR count). The van der Waals surface area contributed by atoms with Crippen molar-refractivity contribution in [1.82, 2.24) is 4.90 Å². The zero-order chi connectivity index (χ0) is 13.0. The third kappa shape index (κ3) is 3.64. The van der Waals surface area contributed by atoms with Crippen molar-refractivity contribution in [3.8, 4) is 11.5 Å². The Morgan fingerprint density at radius 1 is 1.41 bits per heavy atom. The van der Waals surface area contributed by atoms with Crippen LogP contribution in [0.4, 0.5) is 0 Å².